The number of hydrogen-bond donors (Lipinski definition) is 1. The normalized spacial score (nSPS) is 12.5. The average molecular weight is 305 g/mol. The minimum absolute atomic E-state index is 0.0679. The minimum atomic E-state index is -0.823. The van der Waals surface area contributed by atoms with Gasteiger partial charge in [0.1, 0.15) is 5.75 Å². The summed E-state index contributed by atoms with van der Waals surface area (Å²) in [5, 5.41) is 3.29. The van der Waals surface area contributed by atoms with Crippen LogP contribution in [0.5, 0.6) is 5.75 Å². The second-order valence-electron chi connectivity index (χ2n) is 5.59. The van der Waals surface area contributed by atoms with E-state index in [-0.39, 0.29) is 12.1 Å². The Morgan fingerprint density at radius 2 is 1.64 bits per heavy atom. The molecule has 0 radical (unpaired) electrons. The predicted octanol–water partition coefficient (Wildman–Crippen LogP) is 4.60. The fourth-order valence-electron chi connectivity index (χ4n) is 2.13. The summed E-state index contributed by atoms with van der Waals surface area (Å²) in [5.74, 6) is -0.801. The van der Waals surface area contributed by atoms with Crippen molar-refractivity contribution in [3.05, 3.63) is 65.2 Å². The van der Waals surface area contributed by atoms with E-state index in [1.54, 1.807) is 6.07 Å². The van der Waals surface area contributed by atoms with Crippen molar-refractivity contribution in [2.75, 3.05) is 0 Å². The molecular weight excluding hydrogens is 284 g/mol. The van der Waals surface area contributed by atoms with Gasteiger partial charge < -0.3 is 10.1 Å². The molecule has 0 fully saturated rings. The van der Waals surface area contributed by atoms with E-state index in [1.807, 2.05) is 45.0 Å². The molecule has 2 rings (SSSR count). The molecule has 2 aromatic rings. The van der Waals surface area contributed by atoms with E-state index in [0.29, 0.717) is 6.54 Å². The van der Waals surface area contributed by atoms with Gasteiger partial charge in [0.2, 0.25) is 0 Å². The van der Waals surface area contributed by atoms with Gasteiger partial charge in [0.25, 0.3) is 0 Å². The summed E-state index contributed by atoms with van der Waals surface area (Å²) in [6, 6.07) is 11.7. The fraction of sp³-hybridized carbons (Fsp3) is 0.333. The van der Waals surface area contributed by atoms with Gasteiger partial charge in [0, 0.05) is 12.6 Å². The quantitative estimate of drug-likeness (QED) is 0.842. The Balaban J connectivity index is 1.92. The van der Waals surface area contributed by atoms with Gasteiger partial charge in [0.15, 0.2) is 11.6 Å². The molecule has 0 aromatic heterocycles. The molecule has 0 bridgehead atoms. The number of nitrogens with one attached hydrogen (secondary N) is 1. The highest BCUT2D eigenvalue weighted by Gasteiger charge is 2.09. The Morgan fingerprint density at radius 1 is 0.955 bits per heavy atom. The lowest BCUT2D eigenvalue weighted by Crippen LogP contribution is -2.18. The SMILES string of the molecule is CC(C)Oc1ccc(CNC(C)c2ccc(F)c(F)c2)cc1. The van der Waals surface area contributed by atoms with Gasteiger partial charge in [-0.15, -0.1) is 0 Å². The van der Waals surface area contributed by atoms with Crippen LogP contribution in [0.2, 0.25) is 0 Å². The fourth-order valence-corrected chi connectivity index (χ4v) is 2.13. The molecule has 1 N–H and O–H groups in total. The van der Waals surface area contributed by atoms with Gasteiger partial charge in [-0.3, -0.25) is 0 Å². The summed E-state index contributed by atoms with van der Waals surface area (Å²) in [7, 11) is 0. The van der Waals surface area contributed by atoms with Gasteiger partial charge in [-0.2, -0.15) is 0 Å². The monoisotopic (exact) mass is 305 g/mol. The van der Waals surface area contributed by atoms with Crippen molar-refractivity contribution in [2.24, 2.45) is 0 Å². The van der Waals surface area contributed by atoms with E-state index in [1.165, 1.54) is 6.07 Å². The lowest BCUT2D eigenvalue weighted by atomic mass is 10.1. The maximum Gasteiger partial charge on any atom is 0.159 e. The lowest BCUT2D eigenvalue weighted by molar-refractivity contribution is 0.242. The van der Waals surface area contributed by atoms with Crippen LogP contribution >= 0.6 is 0 Å². The predicted molar refractivity (Wildman–Crippen MR) is 83.8 cm³/mol. The summed E-state index contributed by atoms with van der Waals surface area (Å²) in [6.07, 6.45) is 0.150. The zero-order chi connectivity index (χ0) is 16.1. The molecule has 0 heterocycles. The summed E-state index contributed by atoms with van der Waals surface area (Å²) in [5.41, 5.74) is 1.82. The molecule has 1 unspecified atom stereocenters. The summed E-state index contributed by atoms with van der Waals surface area (Å²) < 4.78 is 31.8. The van der Waals surface area contributed by atoms with Crippen LogP contribution in [0.1, 0.15) is 37.9 Å². The first-order chi connectivity index (χ1) is 10.5. The number of ether oxygens (including phenoxy) is 1. The third kappa shape index (κ3) is 4.53. The van der Waals surface area contributed by atoms with E-state index in [9.17, 15) is 8.78 Å². The Morgan fingerprint density at radius 3 is 2.23 bits per heavy atom. The Labute approximate surface area is 130 Å². The molecule has 1 atom stereocenters. The van der Waals surface area contributed by atoms with Gasteiger partial charge in [-0.25, -0.2) is 8.78 Å². The topological polar surface area (TPSA) is 21.3 Å². The Kier molecular flexibility index (Phi) is 5.50. The van der Waals surface area contributed by atoms with E-state index < -0.39 is 11.6 Å². The first kappa shape index (κ1) is 16.4. The van der Waals surface area contributed by atoms with Crippen LogP contribution in [-0.4, -0.2) is 6.10 Å². The first-order valence-corrected chi connectivity index (χ1v) is 7.39. The molecule has 118 valence electrons. The largest absolute Gasteiger partial charge is 0.491 e. The van der Waals surface area contributed by atoms with E-state index in [4.69, 9.17) is 4.74 Å². The third-order valence-electron chi connectivity index (χ3n) is 3.35. The van der Waals surface area contributed by atoms with Crippen LogP contribution in [0.4, 0.5) is 8.78 Å². The second kappa shape index (κ2) is 7.36. The van der Waals surface area contributed by atoms with Crippen LogP contribution < -0.4 is 10.1 Å². The van der Waals surface area contributed by atoms with Crippen molar-refractivity contribution in [1.82, 2.24) is 5.32 Å². The van der Waals surface area contributed by atoms with Gasteiger partial charge in [-0.05, 0) is 56.2 Å². The van der Waals surface area contributed by atoms with Gasteiger partial charge in [-0.1, -0.05) is 18.2 Å². The smallest absolute Gasteiger partial charge is 0.159 e. The highest BCUT2D eigenvalue weighted by atomic mass is 19.2. The van der Waals surface area contributed by atoms with Crippen LogP contribution in [0.3, 0.4) is 0 Å². The zero-order valence-corrected chi connectivity index (χ0v) is 13.1. The highest BCUT2D eigenvalue weighted by Crippen LogP contribution is 2.18. The average Bonchev–Trinajstić information content (AvgIpc) is 2.48. The maximum absolute atomic E-state index is 13.2. The lowest BCUT2D eigenvalue weighted by Gasteiger charge is -2.15. The van der Waals surface area contributed by atoms with Crippen molar-refractivity contribution >= 4 is 0 Å². The zero-order valence-electron chi connectivity index (χ0n) is 13.1. The Bertz CT molecular complexity index is 611. The summed E-state index contributed by atoms with van der Waals surface area (Å²) in [4.78, 5) is 0. The van der Waals surface area contributed by atoms with E-state index in [0.717, 1.165) is 22.9 Å². The van der Waals surface area contributed by atoms with E-state index in [2.05, 4.69) is 5.32 Å². The Hall–Kier alpha value is -1.94. The molecule has 0 aliphatic carbocycles. The molecule has 0 aliphatic heterocycles. The van der Waals surface area contributed by atoms with Crippen molar-refractivity contribution in [1.29, 1.82) is 0 Å². The summed E-state index contributed by atoms with van der Waals surface area (Å²) >= 11 is 0. The molecular formula is C18H21F2NO. The molecule has 2 nitrogen and oxygen atoms in total. The third-order valence-corrected chi connectivity index (χ3v) is 3.35. The van der Waals surface area contributed by atoms with Crippen LogP contribution in [0.15, 0.2) is 42.5 Å². The van der Waals surface area contributed by atoms with Gasteiger partial charge >= 0.3 is 0 Å². The molecule has 4 heteroatoms. The van der Waals surface area contributed by atoms with Gasteiger partial charge in [0.05, 0.1) is 6.10 Å². The van der Waals surface area contributed by atoms with Crippen molar-refractivity contribution < 1.29 is 13.5 Å². The second-order valence-corrected chi connectivity index (χ2v) is 5.59. The van der Waals surface area contributed by atoms with Crippen LogP contribution in [0, 0.1) is 11.6 Å². The molecule has 0 aliphatic rings. The molecule has 0 amide bonds. The summed E-state index contributed by atoms with van der Waals surface area (Å²) in [6.45, 7) is 6.53. The van der Waals surface area contributed by atoms with Crippen LogP contribution in [-0.2, 0) is 6.54 Å². The minimum Gasteiger partial charge on any atom is -0.491 e. The molecule has 0 spiro atoms. The van der Waals surface area contributed by atoms with Crippen molar-refractivity contribution in [2.45, 2.75) is 39.5 Å². The number of benzene rings is 2. The number of rotatable bonds is 6. The van der Waals surface area contributed by atoms with E-state index >= 15 is 0 Å². The first-order valence-electron chi connectivity index (χ1n) is 7.39. The highest BCUT2D eigenvalue weighted by molar-refractivity contribution is 5.28. The maximum atomic E-state index is 13.2. The number of hydrogen-bond acceptors (Lipinski definition) is 2. The van der Waals surface area contributed by atoms with Crippen molar-refractivity contribution in [3.8, 4) is 5.75 Å². The van der Waals surface area contributed by atoms with Crippen molar-refractivity contribution in [3.63, 3.8) is 0 Å². The molecule has 0 saturated heterocycles. The molecule has 22 heavy (non-hydrogen) atoms. The van der Waals surface area contributed by atoms with Crippen LogP contribution in [0.25, 0.3) is 0 Å². The number of halogens is 2. The standard InChI is InChI=1S/C18H21F2NO/c1-12(2)22-16-7-4-14(5-8-16)11-21-13(3)15-6-9-17(19)18(20)10-15/h4-10,12-13,21H,11H2,1-3H3. The molecule has 0 saturated carbocycles. The molecule has 2 aromatic carbocycles.